The number of piperazine rings is 1. The van der Waals surface area contributed by atoms with Gasteiger partial charge in [-0.05, 0) is 49.4 Å². The fraction of sp³-hybridized carbons (Fsp3) is 0.385. The van der Waals surface area contributed by atoms with Crippen LogP contribution in [0.5, 0.6) is 0 Å². The van der Waals surface area contributed by atoms with Gasteiger partial charge in [0.15, 0.2) is 0 Å². The molecule has 2 nitrogen and oxygen atoms in total. The third kappa shape index (κ3) is 4.67. The Morgan fingerprint density at radius 1 is 1.14 bits per heavy atom. The van der Waals surface area contributed by atoms with Crippen LogP contribution in [0.2, 0.25) is 0 Å². The zero-order valence-corrected chi connectivity index (χ0v) is 17.5. The van der Waals surface area contributed by atoms with Crippen molar-refractivity contribution in [3.8, 4) is 0 Å². The molecule has 0 aromatic carbocycles. The van der Waals surface area contributed by atoms with Crippen molar-refractivity contribution >= 4 is 79.3 Å². The smallest absolute Gasteiger partial charge is 0.0843 e. The molecule has 0 radical (unpaired) electrons. The molecule has 118 valence electrons. The summed E-state index contributed by atoms with van der Waals surface area (Å²) in [7, 11) is 0. The van der Waals surface area contributed by atoms with Gasteiger partial charge in [-0.2, -0.15) is 0 Å². The standard InChI is InChI=1S/C13H14Br2N2S2.2ClH/c14-9-8-11(19-13(9)15)12(10-2-1-7-18-10)17-5-3-16-4-6-17;;/h1-2,7-8,12,16H,3-6H2;2*1H/t12-;;/m0../s1. The van der Waals surface area contributed by atoms with E-state index in [4.69, 9.17) is 0 Å². The molecule has 1 fully saturated rings. The summed E-state index contributed by atoms with van der Waals surface area (Å²) in [6, 6.07) is 7.04. The molecule has 1 atom stereocenters. The molecule has 1 N–H and O–H groups in total. The Bertz CT molecular complexity index is 523. The van der Waals surface area contributed by atoms with Crippen molar-refractivity contribution < 1.29 is 0 Å². The molecular weight excluding hydrogens is 479 g/mol. The first-order valence-corrected chi connectivity index (χ1v) is 9.47. The largest absolute Gasteiger partial charge is 0.314 e. The number of nitrogens with one attached hydrogen (secondary N) is 1. The normalized spacial score (nSPS) is 16.9. The van der Waals surface area contributed by atoms with Gasteiger partial charge in [0.05, 0.1) is 9.83 Å². The zero-order valence-electron chi connectivity index (χ0n) is 11.1. The molecule has 3 rings (SSSR count). The maximum atomic E-state index is 3.62. The zero-order chi connectivity index (χ0) is 13.2. The van der Waals surface area contributed by atoms with Crippen LogP contribution in [0, 0.1) is 0 Å². The van der Waals surface area contributed by atoms with Crippen LogP contribution >= 0.6 is 79.3 Å². The minimum Gasteiger partial charge on any atom is -0.314 e. The van der Waals surface area contributed by atoms with Gasteiger partial charge in [-0.3, -0.25) is 4.90 Å². The van der Waals surface area contributed by atoms with Crippen LogP contribution in [0.4, 0.5) is 0 Å². The topological polar surface area (TPSA) is 15.3 Å². The minimum absolute atomic E-state index is 0. The third-order valence-corrected chi connectivity index (χ3v) is 7.50. The van der Waals surface area contributed by atoms with E-state index in [9.17, 15) is 0 Å². The van der Waals surface area contributed by atoms with E-state index in [1.807, 2.05) is 22.7 Å². The van der Waals surface area contributed by atoms with Gasteiger partial charge in [0.25, 0.3) is 0 Å². The highest BCUT2D eigenvalue weighted by molar-refractivity contribution is 9.13. The molecule has 0 saturated carbocycles. The molecule has 8 heteroatoms. The molecule has 3 heterocycles. The second kappa shape index (κ2) is 9.23. The Hall–Kier alpha value is 0.860. The predicted octanol–water partition coefficient (Wildman–Crippen LogP) is 5.17. The SMILES string of the molecule is Brc1cc([C@H](c2cccs2)N2CCNCC2)sc1Br.Cl.Cl. The summed E-state index contributed by atoms with van der Waals surface area (Å²) in [5.41, 5.74) is 0. The van der Waals surface area contributed by atoms with E-state index < -0.39 is 0 Å². The first kappa shape index (κ1) is 19.9. The lowest BCUT2D eigenvalue weighted by atomic mass is 10.1. The number of nitrogens with zero attached hydrogens (tertiary/aromatic N) is 1. The summed E-state index contributed by atoms with van der Waals surface area (Å²) in [5.74, 6) is 0. The van der Waals surface area contributed by atoms with Crippen LogP contribution in [-0.2, 0) is 0 Å². The van der Waals surface area contributed by atoms with Crippen molar-refractivity contribution in [3.05, 3.63) is 41.6 Å². The second-order valence-electron chi connectivity index (χ2n) is 4.47. The third-order valence-electron chi connectivity index (χ3n) is 3.26. The maximum Gasteiger partial charge on any atom is 0.0843 e. The number of halogens is 4. The van der Waals surface area contributed by atoms with Gasteiger partial charge in [0, 0.05) is 40.4 Å². The Balaban J connectivity index is 0.00000110. The van der Waals surface area contributed by atoms with Crippen molar-refractivity contribution in [1.29, 1.82) is 0 Å². The van der Waals surface area contributed by atoms with Crippen molar-refractivity contribution in [2.45, 2.75) is 6.04 Å². The quantitative estimate of drug-likeness (QED) is 0.633. The lowest BCUT2D eigenvalue weighted by Crippen LogP contribution is -2.45. The molecular formula is C13H16Br2Cl2N2S2. The number of hydrogen-bond acceptors (Lipinski definition) is 4. The van der Waals surface area contributed by atoms with Crippen molar-refractivity contribution in [2.75, 3.05) is 26.2 Å². The van der Waals surface area contributed by atoms with Gasteiger partial charge in [-0.15, -0.1) is 47.5 Å². The summed E-state index contributed by atoms with van der Waals surface area (Å²) < 4.78 is 2.34. The van der Waals surface area contributed by atoms with Crippen LogP contribution in [0.15, 0.2) is 31.8 Å². The molecule has 21 heavy (non-hydrogen) atoms. The van der Waals surface area contributed by atoms with Crippen LogP contribution < -0.4 is 5.32 Å². The van der Waals surface area contributed by atoms with E-state index in [1.54, 1.807) is 0 Å². The molecule has 2 aromatic heterocycles. The van der Waals surface area contributed by atoms with Gasteiger partial charge >= 0.3 is 0 Å². The van der Waals surface area contributed by atoms with Gasteiger partial charge < -0.3 is 5.32 Å². The lowest BCUT2D eigenvalue weighted by Gasteiger charge is -2.33. The molecule has 0 aliphatic carbocycles. The first-order chi connectivity index (χ1) is 9.25. The van der Waals surface area contributed by atoms with Crippen LogP contribution in [0.1, 0.15) is 15.8 Å². The molecule has 0 amide bonds. The fourth-order valence-electron chi connectivity index (χ4n) is 2.39. The summed E-state index contributed by atoms with van der Waals surface area (Å²) in [6.45, 7) is 4.37. The predicted molar refractivity (Wildman–Crippen MR) is 105 cm³/mol. The van der Waals surface area contributed by atoms with Gasteiger partial charge in [-0.1, -0.05) is 6.07 Å². The number of thiophene rings is 2. The molecule has 1 saturated heterocycles. The Labute approximate surface area is 162 Å². The van der Waals surface area contributed by atoms with Crippen LogP contribution in [0.3, 0.4) is 0 Å². The first-order valence-electron chi connectivity index (χ1n) is 6.18. The molecule has 0 unspecified atom stereocenters. The van der Waals surface area contributed by atoms with E-state index in [1.165, 1.54) is 13.5 Å². The lowest BCUT2D eigenvalue weighted by molar-refractivity contribution is 0.203. The van der Waals surface area contributed by atoms with Gasteiger partial charge in [0.1, 0.15) is 0 Å². The van der Waals surface area contributed by atoms with E-state index in [0.29, 0.717) is 6.04 Å². The molecule has 1 aliphatic heterocycles. The maximum absolute atomic E-state index is 3.62. The van der Waals surface area contributed by atoms with Crippen molar-refractivity contribution in [3.63, 3.8) is 0 Å². The van der Waals surface area contributed by atoms with E-state index in [0.717, 1.165) is 30.7 Å². The Kier molecular flexibility index (Phi) is 8.75. The molecule has 2 aromatic rings. The molecule has 1 aliphatic rings. The Morgan fingerprint density at radius 3 is 2.38 bits per heavy atom. The van der Waals surface area contributed by atoms with E-state index in [-0.39, 0.29) is 24.8 Å². The highest BCUT2D eigenvalue weighted by Crippen LogP contribution is 2.41. The highest BCUT2D eigenvalue weighted by Gasteiger charge is 2.26. The molecule has 0 bridgehead atoms. The van der Waals surface area contributed by atoms with Gasteiger partial charge in [0.2, 0.25) is 0 Å². The highest BCUT2D eigenvalue weighted by atomic mass is 79.9. The van der Waals surface area contributed by atoms with Crippen LogP contribution in [0.25, 0.3) is 0 Å². The van der Waals surface area contributed by atoms with Crippen molar-refractivity contribution in [2.24, 2.45) is 0 Å². The summed E-state index contributed by atoms with van der Waals surface area (Å²) in [4.78, 5) is 5.42. The second-order valence-corrected chi connectivity index (χ2v) is 8.71. The van der Waals surface area contributed by atoms with Crippen molar-refractivity contribution in [1.82, 2.24) is 10.2 Å². The fourth-order valence-corrected chi connectivity index (χ4v) is 5.58. The number of rotatable bonds is 3. The molecule has 0 spiro atoms. The number of hydrogen-bond donors (Lipinski definition) is 1. The van der Waals surface area contributed by atoms with Gasteiger partial charge in [-0.25, -0.2) is 0 Å². The van der Waals surface area contributed by atoms with E-state index in [2.05, 4.69) is 65.7 Å². The summed E-state index contributed by atoms with van der Waals surface area (Å²) in [6.07, 6.45) is 0. The monoisotopic (exact) mass is 492 g/mol. The average Bonchev–Trinajstić information content (AvgIpc) is 3.03. The average molecular weight is 495 g/mol. The Morgan fingerprint density at radius 2 is 1.86 bits per heavy atom. The minimum atomic E-state index is 0. The summed E-state index contributed by atoms with van der Waals surface area (Å²) in [5, 5.41) is 5.60. The van der Waals surface area contributed by atoms with E-state index >= 15 is 0 Å². The summed E-state index contributed by atoms with van der Waals surface area (Å²) >= 11 is 10.9. The van der Waals surface area contributed by atoms with Crippen LogP contribution in [-0.4, -0.2) is 31.1 Å².